The van der Waals surface area contributed by atoms with Gasteiger partial charge in [0.1, 0.15) is 17.1 Å². The smallest absolute Gasteiger partial charge is 0.155 e. The van der Waals surface area contributed by atoms with E-state index >= 15 is 0 Å². The number of fused-ring (bicyclic) bond motifs is 2. The molecule has 3 rings (SSSR count). The van der Waals surface area contributed by atoms with Crippen LogP contribution in [0.3, 0.4) is 0 Å². The van der Waals surface area contributed by atoms with E-state index in [0.717, 1.165) is 37.9 Å². The van der Waals surface area contributed by atoms with Crippen LogP contribution in [0.2, 0.25) is 0 Å². The standard InChI is InChI=1S/C24H31F2N3O/c1-6-29(7-2)12-8-9-15(3)27-23-18-13-17(30-5)10-11-21(18)28-24-19(23)14-20(25)16(4)22(24)26/h10-11,13-15H,6-9,12H2,1-5H3,(H,27,28). The van der Waals surface area contributed by atoms with Gasteiger partial charge >= 0.3 is 0 Å². The van der Waals surface area contributed by atoms with Crippen molar-refractivity contribution in [2.75, 3.05) is 32.1 Å². The van der Waals surface area contributed by atoms with Crippen LogP contribution in [0, 0.1) is 18.6 Å². The molecule has 162 valence electrons. The van der Waals surface area contributed by atoms with Crippen molar-refractivity contribution < 1.29 is 13.5 Å². The van der Waals surface area contributed by atoms with Crippen LogP contribution in [-0.4, -0.2) is 42.7 Å². The summed E-state index contributed by atoms with van der Waals surface area (Å²) in [5.74, 6) is -0.504. The van der Waals surface area contributed by atoms with Crippen LogP contribution in [0.5, 0.6) is 5.75 Å². The van der Waals surface area contributed by atoms with E-state index in [9.17, 15) is 8.78 Å². The van der Waals surface area contributed by atoms with E-state index in [4.69, 9.17) is 4.74 Å². The molecule has 0 saturated heterocycles. The number of rotatable bonds is 9. The fraction of sp³-hybridized carbons (Fsp3) is 0.458. The number of methoxy groups -OCH3 is 1. The molecule has 0 fully saturated rings. The normalized spacial score (nSPS) is 12.7. The molecule has 0 aliphatic carbocycles. The molecule has 0 aliphatic heterocycles. The molecule has 1 unspecified atom stereocenters. The van der Waals surface area contributed by atoms with Crippen molar-refractivity contribution in [3.8, 4) is 5.75 Å². The fourth-order valence-electron chi connectivity index (χ4n) is 3.84. The van der Waals surface area contributed by atoms with Crippen LogP contribution in [0.15, 0.2) is 24.3 Å². The third-order valence-corrected chi connectivity index (χ3v) is 5.79. The van der Waals surface area contributed by atoms with Gasteiger partial charge in [-0.15, -0.1) is 0 Å². The molecule has 0 spiro atoms. The summed E-state index contributed by atoms with van der Waals surface area (Å²) >= 11 is 0. The molecule has 6 heteroatoms. The molecule has 0 amide bonds. The Morgan fingerprint density at radius 3 is 2.53 bits per heavy atom. The molecule has 4 nitrogen and oxygen atoms in total. The number of aromatic nitrogens is 1. The molecule has 0 radical (unpaired) electrons. The van der Waals surface area contributed by atoms with Crippen LogP contribution in [0.4, 0.5) is 14.5 Å². The highest BCUT2D eigenvalue weighted by Gasteiger charge is 2.18. The Bertz CT molecular complexity index is 1030. The molecule has 2 aromatic carbocycles. The summed E-state index contributed by atoms with van der Waals surface area (Å²) < 4.78 is 34.6. The summed E-state index contributed by atoms with van der Waals surface area (Å²) in [6, 6.07) is 6.98. The van der Waals surface area contributed by atoms with Gasteiger partial charge in [-0.05, 0) is 70.6 Å². The van der Waals surface area contributed by atoms with E-state index in [1.165, 1.54) is 13.0 Å². The van der Waals surface area contributed by atoms with Gasteiger partial charge in [-0.25, -0.2) is 13.8 Å². The maximum Gasteiger partial charge on any atom is 0.155 e. The van der Waals surface area contributed by atoms with E-state index < -0.39 is 11.6 Å². The largest absolute Gasteiger partial charge is 0.497 e. The maximum absolute atomic E-state index is 14.9. The second kappa shape index (κ2) is 9.56. The third-order valence-electron chi connectivity index (χ3n) is 5.79. The van der Waals surface area contributed by atoms with E-state index in [0.29, 0.717) is 22.3 Å². The first kappa shape index (κ1) is 22.2. The second-order valence-electron chi connectivity index (χ2n) is 7.78. The lowest BCUT2D eigenvalue weighted by Gasteiger charge is -2.22. The molecule has 0 bridgehead atoms. The number of anilines is 1. The number of hydrogen-bond donors (Lipinski definition) is 1. The average Bonchev–Trinajstić information content (AvgIpc) is 2.75. The Morgan fingerprint density at radius 2 is 1.87 bits per heavy atom. The van der Waals surface area contributed by atoms with E-state index in [1.54, 1.807) is 13.2 Å². The zero-order valence-corrected chi connectivity index (χ0v) is 18.5. The van der Waals surface area contributed by atoms with Gasteiger partial charge in [0.25, 0.3) is 0 Å². The minimum absolute atomic E-state index is 0.0129. The molecule has 1 aromatic heterocycles. The number of benzene rings is 2. The van der Waals surface area contributed by atoms with Gasteiger partial charge in [0.2, 0.25) is 0 Å². The maximum atomic E-state index is 14.9. The lowest BCUT2D eigenvalue weighted by atomic mass is 10.0. The Balaban J connectivity index is 2.03. The van der Waals surface area contributed by atoms with E-state index in [2.05, 4.69) is 36.0 Å². The molecule has 0 saturated carbocycles. The number of pyridine rings is 1. The molecular weight excluding hydrogens is 384 g/mol. The minimum Gasteiger partial charge on any atom is -0.497 e. The number of nitrogens with zero attached hydrogens (tertiary/aromatic N) is 2. The first-order chi connectivity index (χ1) is 14.4. The van der Waals surface area contributed by atoms with E-state index in [1.807, 2.05) is 12.1 Å². The van der Waals surface area contributed by atoms with Gasteiger partial charge in [-0.3, -0.25) is 0 Å². The van der Waals surface area contributed by atoms with Crippen molar-refractivity contribution in [1.29, 1.82) is 0 Å². The average molecular weight is 416 g/mol. The zero-order chi connectivity index (χ0) is 21.8. The van der Waals surface area contributed by atoms with Crippen molar-refractivity contribution in [2.45, 2.75) is 46.6 Å². The number of halogens is 2. The summed E-state index contributed by atoms with van der Waals surface area (Å²) in [4.78, 5) is 6.88. The molecule has 30 heavy (non-hydrogen) atoms. The summed E-state index contributed by atoms with van der Waals surface area (Å²) in [6.45, 7) is 11.0. The van der Waals surface area contributed by atoms with Gasteiger partial charge in [-0.2, -0.15) is 0 Å². The first-order valence-electron chi connectivity index (χ1n) is 10.6. The lowest BCUT2D eigenvalue weighted by Crippen LogP contribution is -2.25. The predicted octanol–water partition coefficient (Wildman–Crippen LogP) is 5.91. The van der Waals surface area contributed by atoms with Crippen LogP contribution in [0.1, 0.15) is 39.2 Å². The van der Waals surface area contributed by atoms with Gasteiger partial charge in [0.15, 0.2) is 5.82 Å². The third kappa shape index (κ3) is 4.48. The molecule has 3 aromatic rings. The zero-order valence-electron chi connectivity index (χ0n) is 18.5. The first-order valence-corrected chi connectivity index (χ1v) is 10.6. The number of ether oxygens (including phenoxy) is 1. The Labute approximate surface area is 177 Å². The summed E-state index contributed by atoms with van der Waals surface area (Å²) in [7, 11) is 1.60. The van der Waals surface area contributed by atoms with Crippen molar-refractivity contribution in [1.82, 2.24) is 9.88 Å². The Hall–Kier alpha value is -2.47. The molecule has 1 atom stereocenters. The SMILES string of the molecule is CCN(CC)CCCC(C)Nc1c2cc(OC)ccc2nc2c(F)c(C)c(F)cc12. The monoisotopic (exact) mass is 415 g/mol. The summed E-state index contributed by atoms with van der Waals surface area (Å²) in [5, 5.41) is 4.76. The Morgan fingerprint density at radius 1 is 1.13 bits per heavy atom. The number of nitrogens with one attached hydrogen (secondary N) is 1. The van der Waals surface area contributed by atoms with Crippen LogP contribution in [-0.2, 0) is 0 Å². The Kier molecular flexibility index (Phi) is 7.08. The highest BCUT2D eigenvalue weighted by atomic mass is 19.1. The lowest BCUT2D eigenvalue weighted by molar-refractivity contribution is 0.295. The summed E-state index contributed by atoms with van der Waals surface area (Å²) in [6.07, 6.45) is 1.99. The highest BCUT2D eigenvalue weighted by Crippen LogP contribution is 2.36. The fourth-order valence-corrected chi connectivity index (χ4v) is 3.84. The minimum atomic E-state index is -0.611. The van der Waals surface area contributed by atoms with Crippen molar-refractivity contribution in [2.24, 2.45) is 0 Å². The van der Waals surface area contributed by atoms with Crippen molar-refractivity contribution in [3.05, 3.63) is 41.5 Å². The molecule has 1 heterocycles. The summed E-state index contributed by atoms with van der Waals surface area (Å²) in [5.41, 5.74) is 1.51. The van der Waals surface area contributed by atoms with Gasteiger partial charge in [0, 0.05) is 22.4 Å². The number of hydrogen-bond acceptors (Lipinski definition) is 4. The molecule has 0 aliphatic rings. The van der Waals surface area contributed by atoms with Crippen LogP contribution in [0.25, 0.3) is 21.8 Å². The van der Waals surface area contributed by atoms with Gasteiger partial charge < -0.3 is 15.0 Å². The highest BCUT2D eigenvalue weighted by molar-refractivity contribution is 6.08. The molecular formula is C24H31F2N3O. The predicted molar refractivity (Wildman–Crippen MR) is 121 cm³/mol. The van der Waals surface area contributed by atoms with Crippen LogP contribution >= 0.6 is 0 Å². The van der Waals surface area contributed by atoms with Crippen molar-refractivity contribution >= 4 is 27.5 Å². The van der Waals surface area contributed by atoms with Crippen molar-refractivity contribution in [3.63, 3.8) is 0 Å². The van der Waals surface area contributed by atoms with E-state index in [-0.39, 0.29) is 17.1 Å². The topological polar surface area (TPSA) is 37.4 Å². The second-order valence-corrected chi connectivity index (χ2v) is 7.78. The van der Waals surface area contributed by atoms with Crippen LogP contribution < -0.4 is 10.1 Å². The van der Waals surface area contributed by atoms with Gasteiger partial charge in [0.05, 0.1) is 18.3 Å². The molecule has 1 N–H and O–H groups in total. The van der Waals surface area contributed by atoms with Gasteiger partial charge in [-0.1, -0.05) is 13.8 Å². The quantitative estimate of drug-likeness (QED) is 0.441.